The van der Waals surface area contributed by atoms with E-state index in [1.807, 2.05) is 13.0 Å². The number of alkyl halides is 1. The van der Waals surface area contributed by atoms with Crippen LogP contribution >= 0.6 is 0 Å². The van der Waals surface area contributed by atoms with Crippen molar-refractivity contribution in [1.82, 2.24) is 0 Å². The first-order valence-electron chi connectivity index (χ1n) is 13.1. The summed E-state index contributed by atoms with van der Waals surface area (Å²) in [4.78, 5) is 25.2. The largest absolute Gasteiger partial charge is 0.390 e. The van der Waals surface area contributed by atoms with Gasteiger partial charge >= 0.3 is 0 Å². The van der Waals surface area contributed by atoms with E-state index >= 15 is 4.39 Å². The van der Waals surface area contributed by atoms with Gasteiger partial charge in [0.2, 0.25) is 0 Å². The molecular formula is C28H37FO6. The summed E-state index contributed by atoms with van der Waals surface area (Å²) < 4.78 is 29.8. The van der Waals surface area contributed by atoms with Gasteiger partial charge in [-0.1, -0.05) is 31.1 Å². The lowest BCUT2D eigenvalue weighted by molar-refractivity contribution is -0.151. The molecular weight excluding hydrogens is 451 g/mol. The average Bonchev–Trinajstić information content (AvgIpc) is 3.15. The minimum absolute atomic E-state index is 0.0188. The Morgan fingerprint density at radius 2 is 2.03 bits per heavy atom. The van der Waals surface area contributed by atoms with Crippen LogP contribution in [0.5, 0.6) is 0 Å². The fraction of sp³-hybridized carbons (Fsp3) is 0.714. The summed E-state index contributed by atoms with van der Waals surface area (Å²) in [5.74, 6) is -0.877. The maximum absolute atomic E-state index is 17.4. The topological polar surface area (TPSA) is 93.1 Å². The Hall–Kier alpha value is -1.67. The second-order valence-corrected chi connectivity index (χ2v) is 11.4. The molecule has 5 aliphatic rings. The number of aliphatic hydroxyl groups excluding tert-OH is 2. The zero-order chi connectivity index (χ0) is 25.0. The normalized spacial score (nSPS) is 46.0. The Labute approximate surface area is 206 Å². The van der Waals surface area contributed by atoms with Gasteiger partial charge in [0.15, 0.2) is 29.1 Å². The molecule has 5 rings (SSSR count). The molecule has 8 atom stereocenters. The SMILES string of the molecule is C[C@H]1C[C@H]2O[C@@H](/C=C/C3CCC3)O[C@@]2(C(=O)CO)CC[C@H](O)[C@@]2(F)[C@H]1CCC1=CC(=O)C=C[C@@]12C. The van der Waals surface area contributed by atoms with Crippen LogP contribution in [0.4, 0.5) is 4.39 Å². The van der Waals surface area contributed by atoms with Gasteiger partial charge in [-0.25, -0.2) is 4.39 Å². The Bertz CT molecular complexity index is 968. The lowest BCUT2D eigenvalue weighted by Crippen LogP contribution is -2.60. The molecule has 1 saturated heterocycles. The average molecular weight is 489 g/mol. The van der Waals surface area contributed by atoms with Gasteiger partial charge in [0, 0.05) is 5.41 Å². The Balaban J connectivity index is 1.49. The summed E-state index contributed by atoms with van der Waals surface area (Å²) in [5, 5.41) is 21.3. The molecule has 0 unspecified atom stereocenters. The van der Waals surface area contributed by atoms with Crippen LogP contribution in [0, 0.1) is 23.2 Å². The highest BCUT2D eigenvalue weighted by atomic mass is 19.1. The Morgan fingerprint density at radius 3 is 2.71 bits per heavy atom. The minimum atomic E-state index is -2.01. The van der Waals surface area contributed by atoms with Crippen LogP contribution in [0.2, 0.25) is 0 Å². The number of ether oxygens (including phenoxy) is 2. The monoisotopic (exact) mass is 488 g/mol. The molecule has 1 heterocycles. The van der Waals surface area contributed by atoms with Crippen molar-refractivity contribution < 1.29 is 33.7 Å². The quantitative estimate of drug-likeness (QED) is 0.586. The van der Waals surface area contributed by atoms with Gasteiger partial charge < -0.3 is 19.7 Å². The van der Waals surface area contributed by atoms with Crippen LogP contribution in [-0.4, -0.2) is 58.2 Å². The second-order valence-electron chi connectivity index (χ2n) is 11.4. The number of allylic oxidation sites excluding steroid dienone is 5. The molecule has 0 spiro atoms. The molecule has 0 bridgehead atoms. The second kappa shape index (κ2) is 9.02. The molecule has 4 fully saturated rings. The van der Waals surface area contributed by atoms with Crippen LogP contribution in [-0.2, 0) is 19.1 Å². The summed E-state index contributed by atoms with van der Waals surface area (Å²) in [6, 6.07) is 0. The van der Waals surface area contributed by atoms with E-state index in [0.717, 1.165) is 12.8 Å². The fourth-order valence-electron chi connectivity index (χ4n) is 7.22. The molecule has 1 aliphatic heterocycles. The van der Waals surface area contributed by atoms with Crippen LogP contribution < -0.4 is 0 Å². The Morgan fingerprint density at radius 1 is 1.26 bits per heavy atom. The Kier molecular flexibility index (Phi) is 6.44. The van der Waals surface area contributed by atoms with Crippen molar-refractivity contribution in [2.75, 3.05) is 6.61 Å². The molecule has 0 aromatic heterocycles. The minimum Gasteiger partial charge on any atom is -0.390 e. The van der Waals surface area contributed by atoms with E-state index in [4.69, 9.17) is 9.47 Å². The van der Waals surface area contributed by atoms with Gasteiger partial charge in [0.05, 0.1) is 12.2 Å². The molecule has 7 heteroatoms. The van der Waals surface area contributed by atoms with E-state index < -0.39 is 53.5 Å². The molecule has 4 aliphatic carbocycles. The number of halogens is 1. The van der Waals surface area contributed by atoms with E-state index in [1.165, 1.54) is 18.6 Å². The lowest BCUT2D eigenvalue weighted by Gasteiger charge is -2.55. The number of hydrogen-bond donors (Lipinski definition) is 2. The number of ketones is 2. The van der Waals surface area contributed by atoms with E-state index in [0.29, 0.717) is 30.8 Å². The number of aliphatic hydroxyl groups is 2. The van der Waals surface area contributed by atoms with Crippen LogP contribution in [0.3, 0.4) is 0 Å². The molecule has 0 radical (unpaired) electrons. The number of fused-ring (bicyclic) bond motifs is 4. The number of rotatable bonds is 4. The number of carbonyl (C=O) groups excluding carboxylic acids is 2. The predicted molar refractivity (Wildman–Crippen MR) is 127 cm³/mol. The van der Waals surface area contributed by atoms with Crippen LogP contribution in [0.25, 0.3) is 0 Å². The molecule has 0 amide bonds. The zero-order valence-corrected chi connectivity index (χ0v) is 20.6. The third-order valence-corrected chi connectivity index (χ3v) is 9.62. The van der Waals surface area contributed by atoms with Crippen molar-refractivity contribution in [2.45, 2.75) is 95.0 Å². The number of carbonyl (C=O) groups is 2. The van der Waals surface area contributed by atoms with Crippen LogP contribution in [0.1, 0.15) is 65.2 Å². The maximum Gasteiger partial charge on any atom is 0.192 e. The predicted octanol–water partition coefficient (Wildman–Crippen LogP) is 3.76. The van der Waals surface area contributed by atoms with Crippen molar-refractivity contribution in [3.63, 3.8) is 0 Å². The first-order valence-corrected chi connectivity index (χ1v) is 13.1. The summed E-state index contributed by atoms with van der Waals surface area (Å²) in [6.07, 6.45) is 10.7. The summed E-state index contributed by atoms with van der Waals surface area (Å²) >= 11 is 0. The third-order valence-electron chi connectivity index (χ3n) is 9.62. The van der Waals surface area contributed by atoms with Crippen molar-refractivity contribution >= 4 is 11.6 Å². The van der Waals surface area contributed by atoms with Gasteiger partial charge in [-0.2, -0.15) is 0 Å². The lowest BCUT2D eigenvalue weighted by atomic mass is 9.52. The summed E-state index contributed by atoms with van der Waals surface area (Å²) in [7, 11) is 0. The molecule has 6 nitrogen and oxygen atoms in total. The first kappa shape index (κ1) is 25.0. The highest BCUT2D eigenvalue weighted by Gasteiger charge is 2.65. The van der Waals surface area contributed by atoms with Gasteiger partial charge in [-0.3, -0.25) is 9.59 Å². The molecule has 192 valence electrons. The summed E-state index contributed by atoms with van der Waals surface area (Å²) in [5.41, 5.74) is -3.84. The third kappa shape index (κ3) is 3.81. The highest BCUT2D eigenvalue weighted by molar-refractivity contribution is 6.01. The summed E-state index contributed by atoms with van der Waals surface area (Å²) in [6.45, 7) is 3.01. The van der Waals surface area contributed by atoms with Crippen molar-refractivity contribution in [1.29, 1.82) is 0 Å². The van der Waals surface area contributed by atoms with E-state index in [9.17, 15) is 19.8 Å². The van der Waals surface area contributed by atoms with Crippen molar-refractivity contribution in [3.8, 4) is 0 Å². The number of Topliss-reactive ketones (excluding diaryl/α,β-unsaturated/α-hetero) is 1. The fourth-order valence-corrected chi connectivity index (χ4v) is 7.22. The van der Waals surface area contributed by atoms with Gasteiger partial charge in [-0.05, 0) is 87.9 Å². The zero-order valence-electron chi connectivity index (χ0n) is 20.6. The number of hydrogen-bond acceptors (Lipinski definition) is 6. The van der Waals surface area contributed by atoms with Gasteiger partial charge in [-0.15, -0.1) is 0 Å². The van der Waals surface area contributed by atoms with Crippen molar-refractivity contribution in [2.24, 2.45) is 23.2 Å². The first-order chi connectivity index (χ1) is 16.6. The van der Waals surface area contributed by atoms with Gasteiger partial charge in [0.25, 0.3) is 0 Å². The van der Waals surface area contributed by atoms with Crippen molar-refractivity contribution in [3.05, 3.63) is 36.0 Å². The molecule has 0 aromatic carbocycles. The molecule has 35 heavy (non-hydrogen) atoms. The van der Waals surface area contributed by atoms with E-state index in [2.05, 4.69) is 6.08 Å². The molecule has 0 aromatic rings. The highest BCUT2D eigenvalue weighted by Crippen LogP contribution is 2.60. The maximum atomic E-state index is 17.4. The van der Waals surface area contributed by atoms with Gasteiger partial charge in [0.1, 0.15) is 6.61 Å². The molecule has 3 saturated carbocycles. The molecule has 2 N–H and O–H groups in total. The van der Waals surface area contributed by atoms with Crippen LogP contribution in [0.15, 0.2) is 36.0 Å². The van der Waals surface area contributed by atoms with E-state index in [-0.39, 0.29) is 24.5 Å². The standard InChI is InChI=1S/C28H37FO6/c1-17-14-24-27(23(33)16-30,35-25(34-24)9-6-18-4-3-5-18)13-11-22(32)28(29)21(17)8-7-19-15-20(31)10-12-26(19,28)2/h6,9-10,12,15,17-18,21-22,24-25,30,32H,3-5,7-8,11,13-14,16H2,1-2H3/b9-6+/t17-,21-,22-,24+,25+,26-,27+,28-/m0/s1. The van der Waals surface area contributed by atoms with E-state index in [1.54, 1.807) is 13.0 Å². The smallest absolute Gasteiger partial charge is 0.192 e.